The van der Waals surface area contributed by atoms with Gasteiger partial charge in [0.1, 0.15) is 5.78 Å². The lowest BCUT2D eigenvalue weighted by Gasteiger charge is -2.03. The Morgan fingerprint density at radius 3 is 2.87 bits per heavy atom. The molecular formula is C13H19NO. The summed E-state index contributed by atoms with van der Waals surface area (Å²) in [5.41, 5.74) is 2.34. The molecule has 0 saturated heterocycles. The van der Waals surface area contributed by atoms with Gasteiger partial charge < -0.3 is 5.32 Å². The second-order valence-electron chi connectivity index (χ2n) is 3.81. The highest BCUT2D eigenvalue weighted by Crippen LogP contribution is 2.05. The summed E-state index contributed by atoms with van der Waals surface area (Å²) >= 11 is 0. The van der Waals surface area contributed by atoms with Crippen molar-refractivity contribution >= 4 is 5.78 Å². The Hall–Kier alpha value is -1.15. The van der Waals surface area contributed by atoms with Gasteiger partial charge in [0.2, 0.25) is 0 Å². The van der Waals surface area contributed by atoms with Crippen molar-refractivity contribution in [3.05, 3.63) is 35.4 Å². The van der Waals surface area contributed by atoms with Crippen LogP contribution in [0.3, 0.4) is 0 Å². The summed E-state index contributed by atoms with van der Waals surface area (Å²) in [6.45, 7) is 5.82. The second-order valence-corrected chi connectivity index (χ2v) is 3.81. The number of hydrogen-bond donors (Lipinski definition) is 1. The molecule has 0 bridgehead atoms. The number of benzene rings is 1. The van der Waals surface area contributed by atoms with Crippen LogP contribution in [-0.2, 0) is 11.2 Å². The van der Waals surface area contributed by atoms with Gasteiger partial charge in [-0.1, -0.05) is 36.8 Å². The molecule has 0 amide bonds. The minimum absolute atomic E-state index is 0.307. The van der Waals surface area contributed by atoms with Crippen LogP contribution in [0.25, 0.3) is 0 Å². The van der Waals surface area contributed by atoms with E-state index in [1.165, 1.54) is 5.56 Å². The van der Waals surface area contributed by atoms with Crippen LogP contribution in [0, 0.1) is 6.92 Å². The molecule has 0 unspecified atom stereocenters. The molecule has 1 aromatic carbocycles. The van der Waals surface area contributed by atoms with Gasteiger partial charge in [-0.25, -0.2) is 0 Å². The molecule has 2 heteroatoms. The van der Waals surface area contributed by atoms with Gasteiger partial charge >= 0.3 is 0 Å². The van der Waals surface area contributed by atoms with Crippen molar-refractivity contribution in [2.24, 2.45) is 0 Å². The van der Waals surface area contributed by atoms with Gasteiger partial charge in [0, 0.05) is 19.4 Å². The van der Waals surface area contributed by atoms with E-state index in [2.05, 4.69) is 11.4 Å². The number of carbonyl (C=O) groups excluding carboxylic acids is 1. The lowest BCUT2D eigenvalue weighted by atomic mass is 10.1. The smallest absolute Gasteiger partial charge is 0.138 e. The van der Waals surface area contributed by atoms with Crippen LogP contribution >= 0.6 is 0 Å². The topological polar surface area (TPSA) is 29.1 Å². The highest BCUT2D eigenvalue weighted by molar-refractivity contribution is 5.81. The summed E-state index contributed by atoms with van der Waals surface area (Å²) in [6.07, 6.45) is 1.19. The van der Waals surface area contributed by atoms with Crippen LogP contribution in [0.4, 0.5) is 0 Å². The number of hydrogen-bond acceptors (Lipinski definition) is 2. The van der Waals surface area contributed by atoms with Gasteiger partial charge in [-0.15, -0.1) is 0 Å². The van der Waals surface area contributed by atoms with E-state index in [0.29, 0.717) is 18.6 Å². The van der Waals surface area contributed by atoms with E-state index >= 15 is 0 Å². The molecule has 1 N–H and O–H groups in total. The van der Waals surface area contributed by atoms with Gasteiger partial charge in [0.05, 0.1) is 0 Å². The molecule has 0 fully saturated rings. The van der Waals surface area contributed by atoms with E-state index in [0.717, 1.165) is 18.7 Å². The van der Waals surface area contributed by atoms with E-state index in [1.54, 1.807) is 0 Å². The summed E-state index contributed by atoms with van der Waals surface area (Å²) in [5.74, 6) is 0.307. The molecular weight excluding hydrogens is 186 g/mol. The third-order valence-electron chi connectivity index (χ3n) is 2.31. The lowest BCUT2D eigenvalue weighted by Crippen LogP contribution is -2.18. The van der Waals surface area contributed by atoms with Crippen LogP contribution in [0.5, 0.6) is 0 Å². The van der Waals surface area contributed by atoms with E-state index in [4.69, 9.17) is 0 Å². The number of aryl methyl sites for hydroxylation is 1. The number of ketones is 1. The van der Waals surface area contributed by atoms with Gasteiger partial charge in [-0.05, 0) is 19.0 Å². The fraction of sp³-hybridized carbons (Fsp3) is 0.462. The normalized spacial score (nSPS) is 10.3. The zero-order valence-electron chi connectivity index (χ0n) is 9.55. The van der Waals surface area contributed by atoms with Gasteiger partial charge in [-0.3, -0.25) is 4.79 Å². The molecule has 15 heavy (non-hydrogen) atoms. The average molecular weight is 205 g/mol. The molecule has 0 aliphatic heterocycles. The molecule has 0 spiro atoms. The molecule has 0 saturated carbocycles. The molecule has 0 atom stereocenters. The summed E-state index contributed by atoms with van der Waals surface area (Å²) < 4.78 is 0. The van der Waals surface area contributed by atoms with Crippen molar-refractivity contribution in [1.29, 1.82) is 0 Å². The molecule has 0 aliphatic carbocycles. The Kier molecular flexibility index (Phi) is 5.05. The van der Waals surface area contributed by atoms with Crippen LogP contribution < -0.4 is 5.32 Å². The summed E-state index contributed by atoms with van der Waals surface area (Å²) in [5, 5.41) is 3.16. The fourth-order valence-electron chi connectivity index (χ4n) is 1.54. The average Bonchev–Trinajstić information content (AvgIpc) is 2.18. The quantitative estimate of drug-likeness (QED) is 0.721. The van der Waals surface area contributed by atoms with Crippen LogP contribution in [0.2, 0.25) is 0 Å². The Morgan fingerprint density at radius 1 is 1.40 bits per heavy atom. The fourth-order valence-corrected chi connectivity index (χ4v) is 1.54. The maximum Gasteiger partial charge on any atom is 0.138 e. The molecule has 82 valence electrons. The van der Waals surface area contributed by atoms with E-state index < -0.39 is 0 Å². The first-order valence-corrected chi connectivity index (χ1v) is 5.50. The Bertz CT molecular complexity index is 320. The lowest BCUT2D eigenvalue weighted by molar-refractivity contribution is -0.118. The Morgan fingerprint density at radius 2 is 2.20 bits per heavy atom. The van der Waals surface area contributed by atoms with Crippen molar-refractivity contribution in [2.75, 3.05) is 13.1 Å². The first kappa shape index (κ1) is 11.9. The molecule has 0 aliphatic rings. The number of nitrogens with one attached hydrogen (secondary N) is 1. The highest BCUT2D eigenvalue weighted by atomic mass is 16.1. The van der Waals surface area contributed by atoms with Crippen molar-refractivity contribution in [3.8, 4) is 0 Å². The van der Waals surface area contributed by atoms with Crippen LogP contribution in [0.15, 0.2) is 24.3 Å². The second kappa shape index (κ2) is 6.36. The number of carbonyl (C=O) groups is 1. The minimum atomic E-state index is 0.307. The number of rotatable bonds is 6. The maximum absolute atomic E-state index is 11.6. The third kappa shape index (κ3) is 4.75. The standard InChI is InChI=1S/C13H19NO/c1-3-14-8-7-13(15)10-12-6-4-5-11(2)9-12/h4-6,9,14H,3,7-8,10H2,1-2H3. The zero-order valence-corrected chi connectivity index (χ0v) is 9.55. The predicted octanol–water partition coefficient (Wildman–Crippen LogP) is 2.11. The predicted molar refractivity (Wildman–Crippen MR) is 63.1 cm³/mol. The van der Waals surface area contributed by atoms with Crippen molar-refractivity contribution < 1.29 is 4.79 Å². The number of Topliss-reactive ketones (excluding diaryl/α,β-unsaturated/α-hetero) is 1. The first-order valence-electron chi connectivity index (χ1n) is 5.50. The molecule has 1 rings (SSSR count). The SMILES string of the molecule is CCNCCC(=O)Cc1cccc(C)c1. The zero-order chi connectivity index (χ0) is 11.1. The van der Waals surface area contributed by atoms with E-state index in [9.17, 15) is 4.79 Å². The largest absolute Gasteiger partial charge is 0.317 e. The van der Waals surface area contributed by atoms with Gasteiger partial charge in [0.25, 0.3) is 0 Å². The summed E-state index contributed by atoms with van der Waals surface area (Å²) in [7, 11) is 0. The molecule has 0 radical (unpaired) electrons. The van der Waals surface area contributed by atoms with Crippen LogP contribution in [-0.4, -0.2) is 18.9 Å². The summed E-state index contributed by atoms with van der Waals surface area (Å²) in [6, 6.07) is 8.14. The monoisotopic (exact) mass is 205 g/mol. The summed E-state index contributed by atoms with van der Waals surface area (Å²) in [4.78, 5) is 11.6. The van der Waals surface area contributed by atoms with Crippen LogP contribution in [0.1, 0.15) is 24.5 Å². The van der Waals surface area contributed by atoms with Crippen molar-refractivity contribution in [3.63, 3.8) is 0 Å². The Labute approximate surface area is 91.7 Å². The van der Waals surface area contributed by atoms with E-state index in [1.807, 2.05) is 32.0 Å². The van der Waals surface area contributed by atoms with Crippen molar-refractivity contribution in [2.45, 2.75) is 26.7 Å². The van der Waals surface area contributed by atoms with Crippen molar-refractivity contribution in [1.82, 2.24) is 5.32 Å². The third-order valence-corrected chi connectivity index (χ3v) is 2.31. The molecule has 0 heterocycles. The molecule has 0 aromatic heterocycles. The first-order chi connectivity index (χ1) is 7.22. The highest BCUT2D eigenvalue weighted by Gasteiger charge is 2.02. The molecule has 2 nitrogen and oxygen atoms in total. The Balaban J connectivity index is 2.37. The van der Waals surface area contributed by atoms with Gasteiger partial charge in [-0.2, -0.15) is 0 Å². The minimum Gasteiger partial charge on any atom is -0.317 e. The van der Waals surface area contributed by atoms with E-state index in [-0.39, 0.29) is 0 Å². The molecule has 1 aromatic rings. The van der Waals surface area contributed by atoms with Gasteiger partial charge in [0.15, 0.2) is 0 Å². The maximum atomic E-state index is 11.6.